The fraction of sp³-hybridized carbons (Fsp3) is 0.286. The molecule has 0 aliphatic carbocycles. The molecule has 0 aliphatic heterocycles. The van der Waals surface area contributed by atoms with Crippen molar-refractivity contribution in [3.05, 3.63) is 21.9 Å². The molecule has 0 bridgehead atoms. The fourth-order valence-electron chi connectivity index (χ4n) is 1.32. The van der Waals surface area contributed by atoms with Crippen molar-refractivity contribution in [2.75, 3.05) is 0 Å². The molecular weight excluding hydrogens is 352 g/mol. The number of nitrogens with two attached hydrogens (primary N) is 1. The summed E-state index contributed by atoms with van der Waals surface area (Å²) in [5.74, 6) is -1.93. The van der Waals surface area contributed by atoms with Crippen LogP contribution in [0.15, 0.2) is 11.2 Å². The zero-order chi connectivity index (χ0) is 17.5. The Labute approximate surface area is 116 Å². The Kier molecular flexibility index (Phi) is 4.26. The van der Waals surface area contributed by atoms with Crippen LogP contribution in [0.25, 0.3) is 0 Å². The van der Waals surface area contributed by atoms with Gasteiger partial charge in [0, 0.05) is 0 Å². The molecule has 2 N–H and O–H groups in total. The molecule has 1 rings (SSSR count). The van der Waals surface area contributed by atoms with Crippen LogP contribution in [-0.2, 0) is 16.2 Å². The Morgan fingerprint density at radius 2 is 1.73 bits per heavy atom. The normalized spacial score (nSPS) is 13.0. The maximum absolute atomic E-state index is 12.8. The molecule has 0 atom stereocenters. The minimum absolute atomic E-state index is 0.194. The van der Waals surface area contributed by atoms with Gasteiger partial charge in [-0.15, -0.1) is 13.2 Å². The van der Waals surface area contributed by atoms with Gasteiger partial charge in [0.2, 0.25) is 5.75 Å². The van der Waals surface area contributed by atoms with Crippen LogP contribution in [-0.4, -0.2) is 24.7 Å². The maximum Gasteiger partial charge on any atom is 0.573 e. The summed E-state index contributed by atoms with van der Waals surface area (Å²) in [7, 11) is -5.21. The molecule has 0 saturated carbocycles. The average molecular weight is 355 g/mol. The summed E-state index contributed by atoms with van der Waals surface area (Å²) >= 11 is 0. The van der Waals surface area contributed by atoms with Gasteiger partial charge in [0.05, 0.1) is 11.1 Å². The van der Waals surface area contributed by atoms with E-state index in [-0.39, 0.29) is 6.20 Å². The molecule has 0 aliphatic rings. The largest absolute Gasteiger partial charge is 0.573 e. The van der Waals surface area contributed by atoms with Crippen LogP contribution in [0.4, 0.5) is 32.0 Å². The number of ether oxygens (including phenoxy) is 1. The third-order valence-corrected chi connectivity index (χ3v) is 2.79. The maximum atomic E-state index is 12.8. The smallest absolute Gasteiger partial charge is 0.397 e. The number of primary sulfonamides is 1. The van der Waals surface area contributed by atoms with Gasteiger partial charge in [0.25, 0.3) is 10.0 Å². The Balaban J connectivity index is 3.86. The van der Waals surface area contributed by atoms with Crippen LogP contribution in [0.1, 0.15) is 5.56 Å². The van der Waals surface area contributed by atoms with Crippen molar-refractivity contribution in [1.29, 1.82) is 0 Å². The minimum atomic E-state index is -5.73. The van der Waals surface area contributed by atoms with E-state index in [2.05, 4.69) is 14.9 Å². The van der Waals surface area contributed by atoms with Crippen LogP contribution < -0.4 is 9.88 Å². The van der Waals surface area contributed by atoms with Crippen molar-refractivity contribution < 1.29 is 44.4 Å². The topological polar surface area (TPSA) is 125 Å². The second kappa shape index (κ2) is 5.24. The van der Waals surface area contributed by atoms with Gasteiger partial charge in [-0.3, -0.25) is 10.1 Å². The molecule has 0 radical (unpaired) electrons. The third kappa shape index (κ3) is 3.94. The summed E-state index contributed by atoms with van der Waals surface area (Å²) in [5, 5.41) is 13.1. The summed E-state index contributed by atoms with van der Waals surface area (Å²) in [4.78, 5) is 11.3. The summed E-state index contributed by atoms with van der Waals surface area (Å²) in [6.07, 6.45) is -11.5. The van der Waals surface area contributed by atoms with Crippen molar-refractivity contribution in [2.45, 2.75) is 17.6 Å². The predicted octanol–water partition coefficient (Wildman–Crippen LogP) is 1.55. The molecule has 15 heteroatoms. The molecule has 124 valence electrons. The Bertz CT molecular complexity index is 713. The van der Waals surface area contributed by atoms with E-state index in [4.69, 9.17) is 0 Å². The molecule has 0 amide bonds. The van der Waals surface area contributed by atoms with Crippen LogP contribution in [0.2, 0.25) is 0 Å². The first-order valence-corrected chi connectivity index (χ1v) is 6.22. The van der Waals surface area contributed by atoms with Crippen LogP contribution in [0.5, 0.6) is 5.75 Å². The molecular formula is C7H3F6N3O5S. The molecule has 0 aromatic carbocycles. The highest BCUT2D eigenvalue weighted by Crippen LogP contribution is 2.44. The minimum Gasteiger partial charge on any atom is -0.397 e. The van der Waals surface area contributed by atoms with E-state index in [0.29, 0.717) is 0 Å². The quantitative estimate of drug-likeness (QED) is 0.498. The number of rotatable bonds is 3. The van der Waals surface area contributed by atoms with E-state index in [1.165, 1.54) is 0 Å². The molecule has 0 unspecified atom stereocenters. The highest BCUT2D eigenvalue weighted by atomic mass is 32.2. The van der Waals surface area contributed by atoms with Gasteiger partial charge < -0.3 is 4.74 Å². The molecule has 0 spiro atoms. The number of hydrogen-bond acceptors (Lipinski definition) is 6. The van der Waals surface area contributed by atoms with Crippen molar-refractivity contribution in [3.8, 4) is 5.75 Å². The van der Waals surface area contributed by atoms with Crippen LogP contribution in [0.3, 0.4) is 0 Å². The summed E-state index contributed by atoms with van der Waals surface area (Å²) in [6, 6.07) is 0. The number of alkyl halides is 6. The zero-order valence-electron chi connectivity index (χ0n) is 9.77. The molecule has 0 fully saturated rings. The molecule has 1 aromatic heterocycles. The molecule has 8 nitrogen and oxygen atoms in total. The Morgan fingerprint density at radius 1 is 1.23 bits per heavy atom. The van der Waals surface area contributed by atoms with Crippen molar-refractivity contribution in [1.82, 2.24) is 4.98 Å². The van der Waals surface area contributed by atoms with Gasteiger partial charge >= 0.3 is 18.2 Å². The molecule has 1 heterocycles. The second-order valence-electron chi connectivity index (χ2n) is 3.50. The standard InChI is InChI=1S/C7H3F6N3O5S/c8-6(9,10)3-4(16(17)18)2(21-7(11,12)13)1-15-5(3)22(14,19)20/h1H,(H2,14,19,20). The first kappa shape index (κ1) is 17.9. The third-order valence-electron chi connectivity index (χ3n) is 1.94. The number of hydrogen-bond donors (Lipinski definition) is 1. The van der Waals surface area contributed by atoms with Crippen LogP contribution in [0, 0.1) is 10.1 Å². The highest BCUT2D eigenvalue weighted by Gasteiger charge is 2.48. The van der Waals surface area contributed by atoms with E-state index in [9.17, 15) is 44.9 Å². The number of nitrogens with zero attached hydrogens (tertiary/aromatic N) is 2. The summed E-state index contributed by atoms with van der Waals surface area (Å²) in [6.45, 7) is 0. The van der Waals surface area contributed by atoms with Crippen molar-refractivity contribution in [3.63, 3.8) is 0 Å². The lowest BCUT2D eigenvalue weighted by atomic mass is 10.2. The van der Waals surface area contributed by atoms with Gasteiger partial charge in [-0.2, -0.15) is 13.2 Å². The Hall–Kier alpha value is -2.16. The van der Waals surface area contributed by atoms with Gasteiger partial charge in [0.1, 0.15) is 0 Å². The van der Waals surface area contributed by atoms with Crippen molar-refractivity contribution in [2.24, 2.45) is 5.14 Å². The second-order valence-corrected chi connectivity index (χ2v) is 4.98. The highest BCUT2D eigenvalue weighted by molar-refractivity contribution is 7.89. The lowest BCUT2D eigenvalue weighted by Crippen LogP contribution is -2.24. The number of pyridine rings is 1. The van der Waals surface area contributed by atoms with Gasteiger partial charge in [0.15, 0.2) is 10.6 Å². The number of aromatic nitrogens is 1. The lowest BCUT2D eigenvalue weighted by Gasteiger charge is -2.14. The first-order valence-electron chi connectivity index (χ1n) is 4.67. The van der Waals surface area contributed by atoms with Crippen LogP contribution >= 0.6 is 0 Å². The van der Waals surface area contributed by atoms with Crippen molar-refractivity contribution >= 4 is 15.7 Å². The first-order chi connectivity index (χ1) is 9.64. The van der Waals surface area contributed by atoms with E-state index >= 15 is 0 Å². The Morgan fingerprint density at radius 3 is 2.05 bits per heavy atom. The number of nitro groups is 1. The summed E-state index contributed by atoms with van der Waals surface area (Å²) < 4.78 is 99.6. The molecule has 1 aromatic rings. The fourth-order valence-corrected chi connectivity index (χ4v) is 2.02. The number of sulfonamides is 1. The number of halogens is 6. The zero-order valence-corrected chi connectivity index (χ0v) is 10.6. The van der Waals surface area contributed by atoms with E-state index in [0.717, 1.165) is 0 Å². The van der Waals surface area contributed by atoms with E-state index in [1.807, 2.05) is 0 Å². The lowest BCUT2D eigenvalue weighted by molar-refractivity contribution is -0.392. The predicted molar refractivity (Wildman–Crippen MR) is 53.9 cm³/mol. The van der Waals surface area contributed by atoms with Gasteiger partial charge in [-0.05, 0) is 0 Å². The molecule has 0 saturated heterocycles. The van der Waals surface area contributed by atoms with E-state index in [1.54, 1.807) is 0 Å². The van der Waals surface area contributed by atoms with Gasteiger partial charge in [-0.25, -0.2) is 18.5 Å². The molecule has 22 heavy (non-hydrogen) atoms. The van der Waals surface area contributed by atoms with Gasteiger partial charge in [-0.1, -0.05) is 0 Å². The SMILES string of the molecule is NS(=O)(=O)c1ncc(OC(F)(F)F)c([N+](=O)[O-])c1C(F)(F)F. The monoisotopic (exact) mass is 355 g/mol. The summed E-state index contributed by atoms with van der Waals surface area (Å²) in [5.41, 5.74) is -4.84. The van der Waals surface area contributed by atoms with E-state index < -0.39 is 49.5 Å². The average Bonchev–Trinajstić information content (AvgIpc) is 2.22.